The topological polar surface area (TPSA) is 66.2 Å². The molecular formula is C16H21N3O3. The fraction of sp³-hybridized carbons (Fsp3) is 0.438. The van der Waals surface area contributed by atoms with Crippen molar-refractivity contribution in [1.82, 2.24) is 14.8 Å². The third kappa shape index (κ3) is 3.84. The standard InChI is InChI=1S/C16H21N3O3/c1-11-17-18-14(19(11)5)10-21-13-9-7-6-8-12(13)15(20)22-16(2,3)4/h6-9H,10H2,1-5H3. The maximum Gasteiger partial charge on any atom is 0.342 e. The Morgan fingerprint density at radius 2 is 1.91 bits per heavy atom. The van der Waals surface area contributed by atoms with Crippen molar-refractivity contribution in [3.63, 3.8) is 0 Å². The maximum absolute atomic E-state index is 12.2. The molecule has 0 N–H and O–H groups in total. The predicted octanol–water partition coefficient (Wildman–Crippen LogP) is 2.66. The molecule has 0 bridgehead atoms. The second-order valence-corrected chi connectivity index (χ2v) is 6.01. The van der Waals surface area contributed by atoms with Gasteiger partial charge in [0.05, 0.1) is 0 Å². The lowest BCUT2D eigenvalue weighted by Gasteiger charge is -2.20. The number of para-hydroxylation sites is 1. The van der Waals surface area contributed by atoms with Crippen LogP contribution in [0.2, 0.25) is 0 Å². The first-order valence-electron chi connectivity index (χ1n) is 7.08. The molecule has 1 heterocycles. The number of hydrogen-bond acceptors (Lipinski definition) is 5. The molecule has 0 saturated heterocycles. The molecule has 0 saturated carbocycles. The van der Waals surface area contributed by atoms with Crippen LogP contribution >= 0.6 is 0 Å². The minimum Gasteiger partial charge on any atom is -0.485 e. The van der Waals surface area contributed by atoms with E-state index < -0.39 is 11.6 Å². The second-order valence-electron chi connectivity index (χ2n) is 6.01. The van der Waals surface area contributed by atoms with Crippen LogP contribution in [0.4, 0.5) is 0 Å². The van der Waals surface area contributed by atoms with Crippen LogP contribution in [-0.2, 0) is 18.4 Å². The molecule has 22 heavy (non-hydrogen) atoms. The van der Waals surface area contributed by atoms with E-state index in [4.69, 9.17) is 9.47 Å². The van der Waals surface area contributed by atoms with Crippen LogP contribution in [-0.4, -0.2) is 26.3 Å². The molecule has 2 aromatic rings. The molecule has 6 heteroatoms. The Hall–Kier alpha value is -2.37. The third-order valence-corrected chi connectivity index (χ3v) is 3.05. The van der Waals surface area contributed by atoms with Crippen LogP contribution in [0.1, 0.15) is 42.8 Å². The van der Waals surface area contributed by atoms with Gasteiger partial charge in [0.25, 0.3) is 0 Å². The van der Waals surface area contributed by atoms with Crippen LogP contribution < -0.4 is 4.74 Å². The minimum atomic E-state index is -0.551. The van der Waals surface area contributed by atoms with E-state index in [0.717, 1.165) is 5.82 Å². The Labute approximate surface area is 130 Å². The van der Waals surface area contributed by atoms with Crippen LogP contribution in [0.5, 0.6) is 5.75 Å². The second kappa shape index (κ2) is 6.17. The van der Waals surface area contributed by atoms with Gasteiger partial charge in [-0.1, -0.05) is 12.1 Å². The largest absolute Gasteiger partial charge is 0.485 e. The lowest BCUT2D eigenvalue weighted by molar-refractivity contribution is 0.00653. The van der Waals surface area contributed by atoms with Gasteiger partial charge < -0.3 is 14.0 Å². The summed E-state index contributed by atoms with van der Waals surface area (Å²) < 4.78 is 13.0. The number of carbonyl (C=O) groups is 1. The summed E-state index contributed by atoms with van der Waals surface area (Å²) in [6.07, 6.45) is 0. The van der Waals surface area contributed by atoms with Crippen molar-refractivity contribution < 1.29 is 14.3 Å². The Kier molecular flexibility index (Phi) is 4.49. The zero-order chi connectivity index (χ0) is 16.3. The quantitative estimate of drug-likeness (QED) is 0.812. The summed E-state index contributed by atoms with van der Waals surface area (Å²) in [4.78, 5) is 12.2. The first kappa shape index (κ1) is 16.0. The van der Waals surface area contributed by atoms with Crippen molar-refractivity contribution in [1.29, 1.82) is 0 Å². The summed E-state index contributed by atoms with van der Waals surface area (Å²) in [7, 11) is 1.87. The first-order chi connectivity index (χ1) is 10.3. The molecular weight excluding hydrogens is 282 g/mol. The number of rotatable bonds is 4. The summed E-state index contributed by atoms with van der Waals surface area (Å²) in [5.74, 6) is 1.56. The van der Waals surface area contributed by atoms with Crippen molar-refractivity contribution >= 4 is 5.97 Å². The number of carbonyl (C=O) groups excluding carboxylic acids is 1. The van der Waals surface area contributed by atoms with E-state index in [1.165, 1.54) is 0 Å². The number of aryl methyl sites for hydroxylation is 1. The summed E-state index contributed by atoms with van der Waals surface area (Å²) in [5, 5.41) is 8.01. The van der Waals surface area contributed by atoms with Gasteiger partial charge in [-0.25, -0.2) is 4.79 Å². The Morgan fingerprint density at radius 1 is 1.23 bits per heavy atom. The molecule has 0 amide bonds. The highest BCUT2D eigenvalue weighted by Crippen LogP contribution is 2.22. The fourth-order valence-corrected chi connectivity index (χ4v) is 1.81. The Morgan fingerprint density at radius 3 is 2.50 bits per heavy atom. The van der Waals surface area contributed by atoms with Crippen molar-refractivity contribution in [3.05, 3.63) is 41.5 Å². The normalized spacial score (nSPS) is 11.3. The lowest BCUT2D eigenvalue weighted by atomic mass is 10.1. The molecule has 2 rings (SSSR count). The van der Waals surface area contributed by atoms with E-state index in [9.17, 15) is 4.79 Å². The van der Waals surface area contributed by atoms with E-state index in [1.807, 2.05) is 45.4 Å². The SMILES string of the molecule is Cc1nnc(COc2ccccc2C(=O)OC(C)(C)C)n1C. The van der Waals surface area contributed by atoms with Gasteiger partial charge in [-0.05, 0) is 39.8 Å². The number of aromatic nitrogens is 3. The molecule has 1 aromatic carbocycles. The van der Waals surface area contributed by atoms with E-state index >= 15 is 0 Å². The molecule has 0 aliphatic carbocycles. The summed E-state index contributed by atoms with van der Waals surface area (Å²) in [5.41, 5.74) is -0.151. The lowest BCUT2D eigenvalue weighted by Crippen LogP contribution is -2.24. The van der Waals surface area contributed by atoms with Crippen LogP contribution in [0, 0.1) is 6.92 Å². The van der Waals surface area contributed by atoms with E-state index in [2.05, 4.69) is 10.2 Å². The minimum absolute atomic E-state index is 0.233. The van der Waals surface area contributed by atoms with Gasteiger partial charge in [0.1, 0.15) is 29.3 Å². The highest BCUT2D eigenvalue weighted by molar-refractivity contribution is 5.92. The number of esters is 1. The van der Waals surface area contributed by atoms with E-state index in [-0.39, 0.29) is 6.61 Å². The number of nitrogens with zero attached hydrogens (tertiary/aromatic N) is 3. The first-order valence-corrected chi connectivity index (χ1v) is 7.08. The molecule has 0 fully saturated rings. The van der Waals surface area contributed by atoms with Crippen LogP contribution in [0.25, 0.3) is 0 Å². The average molecular weight is 303 g/mol. The van der Waals surface area contributed by atoms with Gasteiger partial charge in [0, 0.05) is 7.05 Å². The van der Waals surface area contributed by atoms with Crippen molar-refractivity contribution in [2.75, 3.05) is 0 Å². The van der Waals surface area contributed by atoms with Gasteiger partial charge in [-0.15, -0.1) is 10.2 Å². The molecule has 118 valence electrons. The Bertz CT molecular complexity index is 672. The highest BCUT2D eigenvalue weighted by Gasteiger charge is 2.21. The summed E-state index contributed by atoms with van der Waals surface area (Å²) >= 11 is 0. The molecule has 0 atom stereocenters. The molecule has 0 aliphatic rings. The van der Waals surface area contributed by atoms with Crippen LogP contribution in [0.3, 0.4) is 0 Å². The monoisotopic (exact) mass is 303 g/mol. The molecule has 0 unspecified atom stereocenters. The maximum atomic E-state index is 12.2. The molecule has 1 aromatic heterocycles. The summed E-state index contributed by atoms with van der Waals surface area (Å²) in [6.45, 7) is 7.59. The Balaban J connectivity index is 2.15. The molecule has 0 radical (unpaired) electrons. The van der Waals surface area contributed by atoms with E-state index in [1.54, 1.807) is 18.2 Å². The number of hydrogen-bond donors (Lipinski definition) is 0. The molecule has 0 aliphatic heterocycles. The van der Waals surface area contributed by atoms with Crippen LogP contribution in [0.15, 0.2) is 24.3 Å². The van der Waals surface area contributed by atoms with Gasteiger partial charge in [-0.2, -0.15) is 0 Å². The van der Waals surface area contributed by atoms with Gasteiger partial charge in [0.15, 0.2) is 5.82 Å². The van der Waals surface area contributed by atoms with Crippen molar-refractivity contribution in [2.45, 2.75) is 39.9 Å². The van der Waals surface area contributed by atoms with Gasteiger partial charge in [0.2, 0.25) is 0 Å². The zero-order valence-corrected chi connectivity index (χ0v) is 13.6. The average Bonchev–Trinajstić information content (AvgIpc) is 2.75. The van der Waals surface area contributed by atoms with Crippen molar-refractivity contribution in [3.8, 4) is 5.75 Å². The molecule has 6 nitrogen and oxygen atoms in total. The third-order valence-electron chi connectivity index (χ3n) is 3.05. The van der Waals surface area contributed by atoms with Crippen molar-refractivity contribution in [2.24, 2.45) is 7.05 Å². The zero-order valence-electron chi connectivity index (χ0n) is 13.6. The number of ether oxygens (including phenoxy) is 2. The number of benzene rings is 1. The predicted molar refractivity (Wildman–Crippen MR) is 81.7 cm³/mol. The molecule has 0 spiro atoms. The smallest absolute Gasteiger partial charge is 0.342 e. The van der Waals surface area contributed by atoms with E-state index in [0.29, 0.717) is 17.1 Å². The van der Waals surface area contributed by atoms with Gasteiger partial charge >= 0.3 is 5.97 Å². The highest BCUT2D eigenvalue weighted by atomic mass is 16.6. The summed E-state index contributed by atoms with van der Waals surface area (Å²) in [6, 6.07) is 7.01. The van der Waals surface area contributed by atoms with Gasteiger partial charge in [-0.3, -0.25) is 0 Å². The fourth-order valence-electron chi connectivity index (χ4n) is 1.81.